The molecule has 1 saturated heterocycles. The lowest BCUT2D eigenvalue weighted by Crippen LogP contribution is -2.53. The summed E-state index contributed by atoms with van der Waals surface area (Å²) in [5, 5.41) is 26.0. The lowest BCUT2D eigenvalue weighted by Gasteiger charge is -2.52. The smallest absolute Gasteiger partial charge is 0.308 e. The number of carbonyl (C=O) groups is 1. The van der Waals surface area contributed by atoms with Crippen LogP contribution in [-0.4, -0.2) is 70.6 Å². The van der Waals surface area contributed by atoms with Crippen LogP contribution in [0.2, 0.25) is 0 Å². The van der Waals surface area contributed by atoms with Crippen molar-refractivity contribution in [1.29, 1.82) is 0 Å². The van der Waals surface area contributed by atoms with E-state index >= 15 is 0 Å². The molecule has 4 unspecified atom stereocenters. The van der Waals surface area contributed by atoms with Crippen LogP contribution in [0.15, 0.2) is 42.7 Å². The summed E-state index contributed by atoms with van der Waals surface area (Å²) in [6, 6.07) is 9.63. The van der Waals surface area contributed by atoms with Crippen molar-refractivity contribution in [3.8, 4) is 17.0 Å². The molecule has 1 aliphatic heterocycles. The predicted octanol–water partition coefficient (Wildman–Crippen LogP) is 3.76. The molecule has 0 spiro atoms. The van der Waals surface area contributed by atoms with Crippen LogP contribution in [0.1, 0.15) is 50.8 Å². The van der Waals surface area contributed by atoms with Gasteiger partial charge in [0.1, 0.15) is 11.6 Å². The lowest BCUT2D eigenvalue weighted by molar-refractivity contribution is -0.146. The molecule has 232 valence electrons. The zero-order chi connectivity index (χ0) is 30.3. The molecule has 0 amide bonds. The predicted molar refractivity (Wildman–Crippen MR) is 168 cm³/mol. The van der Waals surface area contributed by atoms with Crippen molar-refractivity contribution in [3.05, 3.63) is 48.5 Å². The highest BCUT2D eigenvalue weighted by molar-refractivity contribution is 5.74. The van der Waals surface area contributed by atoms with Crippen LogP contribution < -0.4 is 21.3 Å². The minimum atomic E-state index is -0.0722. The molecule has 2 aromatic heterocycles. The number of hydrogen-bond donors (Lipinski definition) is 4. The zero-order valence-electron chi connectivity index (χ0n) is 25.3. The Hall–Kier alpha value is -3.99. The minimum Gasteiger partial charge on any atom is -0.507 e. The topological polar surface area (TPSA) is 151 Å². The maximum Gasteiger partial charge on any atom is 0.308 e. The molecule has 11 nitrogen and oxygen atoms in total. The van der Waals surface area contributed by atoms with E-state index in [-0.39, 0.29) is 23.1 Å². The molecule has 5 N–H and O–H groups in total. The van der Waals surface area contributed by atoms with Gasteiger partial charge in [0, 0.05) is 43.2 Å². The summed E-state index contributed by atoms with van der Waals surface area (Å²) in [5.74, 6) is 3.25. The van der Waals surface area contributed by atoms with Crippen LogP contribution in [-0.2, 0) is 14.9 Å². The summed E-state index contributed by atoms with van der Waals surface area (Å²) < 4.78 is 4.89. The van der Waals surface area contributed by atoms with Gasteiger partial charge in [-0.1, -0.05) is 12.1 Å². The van der Waals surface area contributed by atoms with Crippen molar-refractivity contribution < 1.29 is 14.6 Å². The monoisotopic (exact) mass is 598 g/mol. The first-order valence-electron chi connectivity index (χ1n) is 16.0. The van der Waals surface area contributed by atoms with Gasteiger partial charge in [-0.15, -0.1) is 10.2 Å². The SMILES string of the molecule is COC(=O)[C@H]1CC[C@H](NCCNc2cnc(C34CC5CC3C(CN(c3cc(-c6ccccc6O)nnc3N)C5)C4)nc2)CC1. The number of carbonyl (C=O) groups excluding carboxylic acids is 1. The van der Waals surface area contributed by atoms with Crippen molar-refractivity contribution in [1.82, 2.24) is 25.5 Å². The molecular weight excluding hydrogens is 556 g/mol. The molecule has 7 rings (SSSR count). The maximum atomic E-state index is 11.7. The average molecular weight is 599 g/mol. The Morgan fingerprint density at radius 3 is 2.66 bits per heavy atom. The normalized spacial score (nSPS) is 29.0. The Morgan fingerprint density at radius 1 is 1.09 bits per heavy atom. The number of rotatable bonds is 9. The molecule has 4 fully saturated rings. The highest BCUT2D eigenvalue weighted by atomic mass is 16.5. The van der Waals surface area contributed by atoms with Crippen molar-refractivity contribution in [2.75, 3.05) is 49.2 Å². The molecule has 4 aliphatic rings. The standard InChI is InChI=1S/C33H42N8O3/c1-44-31(43)21-6-8-23(9-7-21)35-10-11-36-24-16-37-32(38-17-24)33-14-20-12-26(33)22(15-33)19-41(18-20)28-13-27(39-40-30(28)34)25-4-2-3-5-29(25)42/h2-5,13,16-17,20-23,26,35-36,42H,6-12,14-15,18-19H2,1H3,(H2,34,40)/t20?,21-,22?,23-,26?,33?. The number of nitrogens with zero attached hydrogens (tertiary/aromatic N) is 5. The van der Waals surface area contributed by atoms with E-state index in [4.69, 9.17) is 20.4 Å². The third kappa shape index (κ3) is 5.31. The van der Waals surface area contributed by atoms with Crippen molar-refractivity contribution in [2.24, 2.45) is 23.7 Å². The van der Waals surface area contributed by atoms with Gasteiger partial charge in [-0.25, -0.2) is 9.97 Å². The van der Waals surface area contributed by atoms with Crippen molar-refractivity contribution in [3.63, 3.8) is 0 Å². The number of methoxy groups -OCH3 is 1. The second kappa shape index (κ2) is 11.8. The highest BCUT2D eigenvalue weighted by Crippen LogP contribution is 2.64. The summed E-state index contributed by atoms with van der Waals surface area (Å²) >= 11 is 0. The number of nitrogens with one attached hydrogen (secondary N) is 2. The van der Waals surface area contributed by atoms with Gasteiger partial charge in [0.15, 0.2) is 5.82 Å². The van der Waals surface area contributed by atoms with E-state index in [1.165, 1.54) is 13.5 Å². The first kappa shape index (κ1) is 28.8. The zero-order valence-corrected chi connectivity index (χ0v) is 25.3. The molecule has 0 radical (unpaired) electrons. The summed E-state index contributed by atoms with van der Waals surface area (Å²) in [7, 11) is 1.47. The number of fused-ring (bicyclic) bond motifs is 1. The molecule has 3 saturated carbocycles. The number of para-hydroxylation sites is 1. The highest BCUT2D eigenvalue weighted by Gasteiger charge is 2.63. The molecule has 11 heteroatoms. The fraction of sp³-hybridized carbons (Fsp3) is 0.545. The second-order valence-corrected chi connectivity index (χ2v) is 13.2. The molecule has 1 aromatic carbocycles. The molecule has 2 bridgehead atoms. The largest absolute Gasteiger partial charge is 0.507 e. The summed E-state index contributed by atoms with van der Waals surface area (Å²) in [6.45, 7) is 3.50. The molecule has 3 aliphatic carbocycles. The van der Waals surface area contributed by atoms with Crippen LogP contribution in [0.5, 0.6) is 5.75 Å². The molecule has 3 heterocycles. The number of phenols is 1. The van der Waals surface area contributed by atoms with E-state index in [1.54, 1.807) is 12.1 Å². The quantitative estimate of drug-likeness (QED) is 0.210. The number of hydrogen-bond acceptors (Lipinski definition) is 11. The molecular formula is C33H42N8O3. The van der Waals surface area contributed by atoms with E-state index in [0.717, 1.165) is 81.9 Å². The third-order valence-electron chi connectivity index (χ3n) is 10.6. The van der Waals surface area contributed by atoms with Gasteiger partial charge >= 0.3 is 5.97 Å². The maximum absolute atomic E-state index is 11.7. The molecule has 44 heavy (non-hydrogen) atoms. The van der Waals surface area contributed by atoms with E-state index < -0.39 is 0 Å². The van der Waals surface area contributed by atoms with E-state index in [2.05, 4.69) is 25.7 Å². The fourth-order valence-corrected chi connectivity index (χ4v) is 8.53. The van der Waals surface area contributed by atoms with Crippen molar-refractivity contribution in [2.45, 2.75) is 56.4 Å². The van der Waals surface area contributed by atoms with E-state index in [9.17, 15) is 9.90 Å². The Labute approximate surface area is 258 Å². The third-order valence-corrected chi connectivity index (χ3v) is 10.6. The van der Waals surface area contributed by atoms with E-state index in [0.29, 0.717) is 40.9 Å². The van der Waals surface area contributed by atoms with Gasteiger partial charge in [0.2, 0.25) is 0 Å². The number of benzene rings is 1. The number of nitrogen functional groups attached to an aromatic ring is 1. The number of nitrogens with two attached hydrogens (primary N) is 1. The summed E-state index contributed by atoms with van der Waals surface area (Å²) in [6.07, 6.45) is 11.0. The Morgan fingerprint density at radius 2 is 1.89 bits per heavy atom. The van der Waals surface area contributed by atoms with Crippen LogP contribution in [0.25, 0.3) is 11.3 Å². The number of phenolic OH excluding ortho intramolecular Hbond substituents is 1. The van der Waals surface area contributed by atoms with Gasteiger partial charge < -0.3 is 31.1 Å². The number of aromatic nitrogens is 4. The number of anilines is 3. The molecule has 4 atom stereocenters. The average Bonchev–Trinajstić information content (AvgIpc) is 3.23. The first-order valence-corrected chi connectivity index (χ1v) is 16.0. The van der Waals surface area contributed by atoms with Crippen LogP contribution in [0.3, 0.4) is 0 Å². The van der Waals surface area contributed by atoms with Gasteiger partial charge in [0.25, 0.3) is 0 Å². The first-order chi connectivity index (χ1) is 21.4. The van der Waals surface area contributed by atoms with Crippen LogP contribution in [0, 0.1) is 23.7 Å². The lowest BCUT2D eigenvalue weighted by atomic mass is 9.54. The Bertz CT molecular complexity index is 1490. The Balaban J connectivity index is 0.937. The minimum absolute atomic E-state index is 0.0572. The molecule has 3 aromatic rings. The van der Waals surface area contributed by atoms with Crippen LogP contribution >= 0.6 is 0 Å². The van der Waals surface area contributed by atoms with Crippen LogP contribution in [0.4, 0.5) is 17.2 Å². The van der Waals surface area contributed by atoms with Gasteiger partial charge in [-0.3, -0.25) is 4.79 Å². The fourth-order valence-electron chi connectivity index (χ4n) is 8.53. The Kier molecular flexibility index (Phi) is 7.74. The second-order valence-electron chi connectivity index (χ2n) is 13.2. The van der Waals surface area contributed by atoms with E-state index in [1.807, 2.05) is 30.6 Å². The van der Waals surface area contributed by atoms with Gasteiger partial charge in [0.05, 0.1) is 42.5 Å². The van der Waals surface area contributed by atoms with Crippen molar-refractivity contribution >= 4 is 23.2 Å². The summed E-state index contributed by atoms with van der Waals surface area (Å²) in [5.41, 5.74) is 9.57. The van der Waals surface area contributed by atoms with Gasteiger partial charge in [-0.2, -0.15) is 0 Å². The number of ether oxygens (including phenoxy) is 1. The van der Waals surface area contributed by atoms with Gasteiger partial charge in [-0.05, 0) is 80.9 Å². The number of aromatic hydroxyl groups is 1. The summed E-state index contributed by atoms with van der Waals surface area (Å²) in [4.78, 5) is 23.9. The number of esters is 1.